The van der Waals surface area contributed by atoms with Gasteiger partial charge in [-0.3, -0.25) is 0 Å². The van der Waals surface area contributed by atoms with Gasteiger partial charge in [0.05, 0.1) is 0 Å². The molecule has 1 aromatic heterocycles. The molecule has 0 radical (unpaired) electrons. The molecule has 0 aliphatic carbocycles. The Balaban J connectivity index is 2.07. The average molecular weight is 201 g/mol. The normalized spacial score (nSPS) is 14.6. The van der Waals surface area contributed by atoms with Crippen molar-refractivity contribution in [1.29, 1.82) is 0 Å². The first-order valence-corrected chi connectivity index (χ1v) is 5.55. The Hall–Kier alpha value is -1.12. The van der Waals surface area contributed by atoms with Crippen molar-refractivity contribution in [2.24, 2.45) is 5.92 Å². The van der Waals surface area contributed by atoms with Gasteiger partial charge in [0.1, 0.15) is 0 Å². The second kappa shape index (κ2) is 4.17. The van der Waals surface area contributed by atoms with Crippen LogP contribution in [0, 0.1) is 5.92 Å². The second-order valence-corrected chi connectivity index (χ2v) is 4.57. The van der Waals surface area contributed by atoms with Crippen molar-refractivity contribution >= 4 is 12.8 Å². The van der Waals surface area contributed by atoms with Crippen LogP contribution in [0.5, 0.6) is 0 Å². The third-order valence-corrected chi connectivity index (χ3v) is 2.87. The number of nitrogens with zero attached hydrogens (tertiary/aromatic N) is 1. The molecule has 15 heavy (non-hydrogen) atoms. The second-order valence-electron chi connectivity index (χ2n) is 4.57. The van der Waals surface area contributed by atoms with E-state index >= 15 is 0 Å². The van der Waals surface area contributed by atoms with Gasteiger partial charge in [-0.1, -0.05) is 0 Å². The molecule has 0 N–H and O–H groups in total. The summed E-state index contributed by atoms with van der Waals surface area (Å²) in [6, 6.07) is 1.92. The van der Waals surface area contributed by atoms with Crippen LogP contribution in [-0.2, 0) is 6.54 Å². The molecule has 0 bridgehead atoms. The zero-order valence-corrected chi connectivity index (χ0v) is 9.36. The molecule has 1 aromatic rings. The van der Waals surface area contributed by atoms with Gasteiger partial charge in [-0.2, -0.15) is 0 Å². The van der Waals surface area contributed by atoms with Crippen LogP contribution in [0.25, 0.3) is 0 Å². The van der Waals surface area contributed by atoms with Gasteiger partial charge in [-0.05, 0) is 0 Å². The van der Waals surface area contributed by atoms with E-state index < -0.39 is 0 Å². The first-order chi connectivity index (χ1) is 7.18. The van der Waals surface area contributed by atoms with E-state index in [0.717, 1.165) is 25.1 Å². The van der Waals surface area contributed by atoms with Crippen molar-refractivity contribution in [3.63, 3.8) is 0 Å². The summed E-state index contributed by atoms with van der Waals surface area (Å²) in [6.45, 7) is 8.05. The summed E-state index contributed by atoms with van der Waals surface area (Å²) < 4.78 is 0. The van der Waals surface area contributed by atoms with Gasteiger partial charge < -0.3 is 0 Å². The fraction of sp³-hybridized carbons (Fsp3) is 0.500. The Morgan fingerprint density at radius 1 is 1.53 bits per heavy atom. The molecular weight excluding hydrogens is 185 g/mol. The predicted octanol–water partition coefficient (Wildman–Crippen LogP) is 2.03. The predicted molar refractivity (Wildman–Crippen MR) is 62.0 cm³/mol. The summed E-state index contributed by atoms with van der Waals surface area (Å²) in [4.78, 5) is 13.9. The summed E-state index contributed by atoms with van der Waals surface area (Å²) in [6.07, 6.45) is 1.08. The molecule has 2 heterocycles. The molecule has 2 rings (SSSR count). The molecule has 0 atom stereocenters. The van der Waals surface area contributed by atoms with E-state index in [2.05, 4.69) is 13.8 Å². The summed E-state index contributed by atoms with van der Waals surface area (Å²) in [5.41, 5.74) is 2.06. The van der Waals surface area contributed by atoms with Crippen LogP contribution in [0.3, 0.4) is 0 Å². The van der Waals surface area contributed by atoms with Gasteiger partial charge in [-0.15, -0.1) is 0 Å². The van der Waals surface area contributed by atoms with Gasteiger partial charge in [-0.25, -0.2) is 0 Å². The van der Waals surface area contributed by atoms with E-state index in [4.69, 9.17) is 0 Å². The van der Waals surface area contributed by atoms with Gasteiger partial charge in [0.25, 0.3) is 0 Å². The zero-order valence-electron chi connectivity index (χ0n) is 9.36. The maximum atomic E-state index is 11.9. The fourth-order valence-corrected chi connectivity index (χ4v) is 1.91. The standard InChI is InChI=1S/C12H16BNO/c1-9(2)4-6-14-8-10-7-13-5-3-11(10)12(14)15/h3,5,7,9H,4,6,8H2,1-2H3. The molecule has 0 unspecified atom stereocenters. The Kier molecular flexibility index (Phi) is 2.89. The molecule has 3 heteroatoms. The third kappa shape index (κ3) is 2.11. The van der Waals surface area contributed by atoms with E-state index in [9.17, 15) is 4.79 Å². The van der Waals surface area contributed by atoms with Crippen LogP contribution in [0.2, 0.25) is 0 Å². The van der Waals surface area contributed by atoms with E-state index in [-0.39, 0.29) is 5.91 Å². The average Bonchev–Trinajstić information content (AvgIpc) is 2.54. The third-order valence-electron chi connectivity index (χ3n) is 2.87. The molecule has 1 aliphatic heterocycles. The van der Waals surface area contributed by atoms with Crippen LogP contribution in [-0.4, -0.2) is 24.3 Å². The van der Waals surface area contributed by atoms with Crippen LogP contribution < -0.4 is 0 Å². The Morgan fingerprint density at radius 3 is 3.00 bits per heavy atom. The number of hydrogen-bond donors (Lipinski definition) is 0. The number of fused-ring (bicyclic) bond motifs is 1. The Morgan fingerprint density at radius 2 is 2.33 bits per heavy atom. The molecule has 0 saturated heterocycles. The first-order valence-electron chi connectivity index (χ1n) is 5.55. The van der Waals surface area contributed by atoms with E-state index in [1.807, 2.05) is 29.8 Å². The Labute approximate surface area is 91.5 Å². The van der Waals surface area contributed by atoms with Gasteiger partial charge in [0.15, 0.2) is 0 Å². The van der Waals surface area contributed by atoms with Crippen molar-refractivity contribution in [3.05, 3.63) is 29.1 Å². The molecule has 78 valence electrons. The topological polar surface area (TPSA) is 20.3 Å². The van der Waals surface area contributed by atoms with Crippen molar-refractivity contribution < 1.29 is 4.79 Å². The Bertz CT molecular complexity index is 376. The summed E-state index contributed by atoms with van der Waals surface area (Å²) in [5, 5.41) is 0. The van der Waals surface area contributed by atoms with Gasteiger partial charge >= 0.3 is 90.9 Å². The van der Waals surface area contributed by atoms with E-state index in [1.165, 1.54) is 5.56 Å². The zero-order chi connectivity index (χ0) is 10.8. The number of carbonyl (C=O) groups excluding carboxylic acids is 1. The minimum absolute atomic E-state index is 0.200. The monoisotopic (exact) mass is 201 g/mol. The minimum atomic E-state index is 0.200. The quantitative estimate of drug-likeness (QED) is 0.732. The number of hydrogen-bond acceptors (Lipinski definition) is 1. The first kappa shape index (κ1) is 10.4. The molecule has 0 fully saturated rings. The van der Waals surface area contributed by atoms with E-state index in [1.54, 1.807) is 0 Å². The summed E-state index contributed by atoms with van der Waals surface area (Å²) in [7, 11) is 0. The van der Waals surface area contributed by atoms with Crippen LogP contribution in [0.15, 0.2) is 18.0 Å². The molecule has 0 spiro atoms. The van der Waals surface area contributed by atoms with Crippen LogP contribution >= 0.6 is 0 Å². The van der Waals surface area contributed by atoms with Crippen molar-refractivity contribution in [1.82, 2.24) is 4.90 Å². The molecule has 1 aliphatic rings. The molecule has 0 aromatic carbocycles. The number of rotatable bonds is 3. The van der Waals surface area contributed by atoms with Crippen molar-refractivity contribution in [2.75, 3.05) is 6.54 Å². The van der Waals surface area contributed by atoms with Crippen molar-refractivity contribution in [2.45, 2.75) is 26.8 Å². The number of carbonyl (C=O) groups is 1. The fourth-order valence-electron chi connectivity index (χ4n) is 1.91. The summed E-state index contributed by atoms with van der Waals surface area (Å²) >= 11 is 0. The summed E-state index contributed by atoms with van der Waals surface area (Å²) in [5.74, 6) is 4.83. The van der Waals surface area contributed by atoms with E-state index in [0.29, 0.717) is 5.92 Å². The van der Waals surface area contributed by atoms with Crippen LogP contribution in [0.4, 0.5) is 0 Å². The number of amides is 1. The molecule has 2 nitrogen and oxygen atoms in total. The molecule has 1 amide bonds. The maximum absolute atomic E-state index is 11.9. The molecular formula is C12H16BNO. The van der Waals surface area contributed by atoms with Gasteiger partial charge in [0, 0.05) is 0 Å². The molecule has 0 saturated carbocycles. The van der Waals surface area contributed by atoms with Crippen molar-refractivity contribution in [3.8, 4) is 0 Å². The SMILES string of the molecule is CC(C)CCN1Cc2cbccc2C1=O. The van der Waals surface area contributed by atoms with Crippen LogP contribution in [0.1, 0.15) is 36.2 Å². The van der Waals surface area contributed by atoms with Gasteiger partial charge in [0.2, 0.25) is 0 Å².